The zero-order valence-electron chi connectivity index (χ0n) is 16.4. The maximum absolute atomic E-state index is 12.5. The Morgan fingerprint density at radius 3 is 2.43 bits per heavy atom. The first kappa shape index (κ1) is 23.2. The van der Waals surface area contributed by atoms with Gasteiger partial charge in [0.25, 0.3) is 0 Å². The highest BCUT2D eigenvalue weighted by atomic mass is 16.3. The maximum atomic E-state index is 12.5. The molecule has 5 N–H and O–H groups in total. The largest absolute Gasteiger partial charge is 0.508 e. The summed E-state index contributed by atoms with van der Waals surface area (Å²) in [6, 6.07) is 5.75. The third-order valence-electron chi connectivity index (χ3n) is 4.21. The Morgan fingerprint density at radius 2 is 1.79 bits per heavy atom. The molecule has 1 rings (SSSR count). The minimum absolute atomic E-state index is 0.137. The Morgan fingerprint density at radius 1 is 1.11 bits per heavy atom. The summed E-state index contributed by atoms with van der Waals surface area (Å²) in [5.74, 6) is -0.964. The normalized spacial score (nSPS) is 11.9. The van der Waals surface area contributed by atoms with Crippen LogP contribution in [-0.4, -0.2) is 35.4 Å². The van der Waals surface area contributed by atoms with Crippen molar-refractivity contribution in [1.82, 2.24) is 10.6 Å². The lowest BCUT2D eigenvalue weighted by Crippen LogP contribution is -2.48. The van der Waals surface area contributed by atoms with Gasteiger partial charge in [-0.25, -0.2) is 0 Å². The van der Waals surface area contributed by atoms with Crippen molar-refractivity contribution >= 4 is 17.7 Å². The van der Waals surface area contributed by atoms with E-state index in [1.807, 2.05) is 0 Å². The van der Waals surface area contributed by atoms with Crippen molar-refractivity contribution in [1.29, 1.82) is 0 Å². The molecule has 1 aromatic rings. The fourth-order valence-electron chi connectivity index (χ4n) is 2.69. The molecular formula is C21H31N3O4. The topological polar surface area (TPSA) is 122 Å². The second kappa shape index (κ2) is 13.4. The van der Waals surface area contributed by atoms with E-state index in [9.17, 15) is 19.5 Å². The second-order valence-electron chi connectivity index (χ2n) is 6.70. The molecule has 0 aliphatic carbocycles. The van der Waals surface area contributed by atoms with E-state index < -0.39 is 11.9 Å². The first-order valence-corrected chi connectivity index (χ1v) is 9.73. The fraction of sp³-hybridized carbons (Fsp3) is 0.476. The Labute approximate surface area is 166 Å². The summed E-state index contributed by atoms with van der Waals surface area (Å²) in [7, 11) is 0. The van der Waals surface area contributed by atoms with E-state index in [1.54, 1.807) is 12.1 Å². The molecule has 28 heavy (non-hydrogen) atoms. The van der Waals surface area contributed by atoms with Crippen LogP contribution in [0.2, 0.25) is 0 Å². The lowest BCUT2D eigenvalue weighted by atomic mass is 10.0. The molecule has 0 aliphatic rings. The third-order valence-corrected chi connectivity index (χ3v) is 4.21. The van der Waals surface area contributed by atoms with Gasteiger partial charge in [0.05, 0.1) is 0 Å². The smallest absolute Gasteiger partial charge is 0.243 e. The quantitative estimate of drug-likeness (QED) is 0.304. The average Bonchev–Trinajstić information content (AvgIpc) is 2.66. The van der Waals surface area contributed by atoms with Crippen LogP contribution in [0, 0.1) is 0 Å². The van der Waals surface area contributed by atoms with Crippen LogP contribution in [-0.2, 0) is 20.8 Å². The van der Waals surface area contributed by atoms with Crippen molar-refractivity contribution in [3.63, 3.8) is 0 Å². The van der Waals surface area contributed by atoms with Crippen LogP contribution < -0.4 is 16.4 Å². The lowest BCUT2D eigenvalue weighted by Gasteiger charge is -2.18. The number of hydrogen-bond acceptors (Lipinski definition) is 4. The molecule has 3 amide bonds. The molecule has 0 aromatic heterocycles. The number of primary amides is 1. The lowest BCUT2D eigenvalue weighted by molar-refractivity contribution is -0.128. The molecule has 0 spiro atoms. The number of carbonyl (C=O) groups excluding carboxylic acids is 3. The van der Waals surface area contributed by atoms with Crippen LogP contribution in [0.3, 0.4) is 0 Å². The standard InChI is InChI=1S/C21H31N3O4/c1-2-3-4-5-6-9-20(27)24-18(15-16-10-12-17(25)13-11-16)21(28)23-14-7-8-19(22)26/h7-8,10-13,18,25H,2-6,9,14-15H2,1H3,(H2,22,26)(H,23,28)(H,24,27)/b8-7+. The highest BCUT2D eigenvalue weighted by molar-refractivity contribution is 5.88. The van der Waals surface area contributed by atoms with Gasteiger partial charge in [0, 0.05) is 25.5 Å². The van der Waals surface area contributed by atoms with Crippen molar-refractivity contribution < 1.29 is 19.5 Å². The van der Waals surface area contributed by atoms with Crippen molar-refractivity contribution in [2.75, 3.05) is 6.54 Å². The Hall–Kier alpha value is -2.83. The van der Waals surface area contributed by atoms with Crippen LogP contribution in [0.25, 0.3) is 0 Å². The van der Waals surface area contributed by atoms with Gasteiger partial charge < -0.3 is 21.5 Å². The monoisotopic (exact) mass is 389 g/mol. The highest BCUT2D eigenvalue weighted by Gasteiger charge is 2.20. The number of rotatable bonds is 13. The van der Waals surface area contributed by atoms with Crippen LogP contribution >= 0.6 is 0 Å². The molecule has 1 atom stereocenters. The number of amides is 3. The van der Waals surface area contributed by atoms with Crippen molar-refractivity contribution in [2.45, 2.75) is 57.9 Å². The van der Waals surface area contributed by atoms with Crippen LogP contribution in [0.15, 0.2) is 36.4 Å². The molecule has 0 aliphatic heterocycles. The van der Waals surface area contributed by atoms with Crippen molar-refractivity contribution in [3.05, 3.63) is 42.0 Å². The van der Waals surface area contributed by atoms with Gasteiger partial charge in [-0.05, 0) is 24.1 Å². The molecule has 154 valence electrons. The summed E-state index contributed by atoms with van der Waals surface area (Å²) < 4.78 is 0. The zero-order valence-corrected chi connectivity index (χ0v) is 16.4. The summed E-state index contributed by atoms with van der Waals surface area (Å²) in [4.78, 5) is 35.4. The fourth-order valence-corrected chi connectivity index (χ4v) is 2.69. The number of unbranched alkanes of at least 4 members (excludes halogenated alkanes) is 4. The Bertz CT molecular complexity index is 656. The van der Waals surface area contributed by atoms with Gasteiger partial charge in [-0.3, -0.25) is 14.4 Å². The first-order chi connectivity index (χ1) is 13.4. The molecule has 0 saturated carbocycles. The van der Waals surface area contributed by atoms with Gasteiger partial charge in [0.15, 0.2) is 0 Å². The van der Waals surface area contributed by atoms with Gasteiger partial charge in [-0.2, -0.15) is 0 Å². The summed E-state index contributed by atoms with van der Waals surface area (Å²) in [5.41, 5.74) is 5.82. The van der Waals surface area contributed by atoms with Crippen LogP contribution in [0.1, 0.15) is 51.0 Å². The summed E-state index contributed by atoms with van der Waals surface area (Å²) >= 11 is 0. The van der Waals surface area contributed by atoms with Gasteiger partial charge in [-0.1, -0.05) is 50.8 Å². The van der Waals surface area contributed by atoms with Gasteiger partial charge in [0.1, 0.15) is 11.8 Å². The molecule has 0 heterocycles. The van der Waals surface area contributed by atoms with Crippen molar-refractivity contribution in [2.24, 2.45) is 5.73 Å². The molecule has 0 radical (unpaired) electrons. The number of nitrogens with two attached hydrogens (primary N) is 1. The molecule has 7 heteroatoms. The zero-order chi connectivity index (χ0) is 20.8. The molecule has 0 fully saturated rings. The number of carbonyl (C=O) groups is 3. The predicted molar refractivity (Wildman–Crippen MR) is 108 cm³/mol. The van der Waals surface area contributed by atoms with E-state index in [0.29, 0.717) is 12.8 Å². The Balaban J connectivity index is 2.63. The molecule has 0 bridgehead atoms. The minimum atomic E-state index is -0.741. The van der Waals surface area contributed by atoms with Gasteiger partial charge in [-0.15, -0.1) is 0 Å². The molecule has 1 aromatic carbocycles. The number of benzene rings is 1. The highest BCUT2D eigenvalue weighted by Crippen LogP contribution is 2.12. The second-order valence-corrected chi connectivity index (χ2v) is 6.70. The number of hydrogen-bond donors (Lipinski definition) is 4. The van der Waals surface area contributed by atoms with E-state index in [0.717, 1.165) is 37.7 Å². The first-order valence-electron chi connectivity index (χ1n) is 9.73. The molecule has 1 unspecified atom stereocenters. The van der Waals surface area contributed by atoms with Gasteiger partial charge in [0.2, 0.25) is 17.7 Å². The number of phenolic OH excluding ortho intramolecular Hbond substituents is 1. The molecule has 7 nitrogen and oxygen atoms in total. The summed E-state index contributed by atoms with van der Waals surface area (Å²) in [5, 5.41) is 14.9. The van der Waals surface area contributed by atoms with E-state index >= 15 is 0 Å². The number of phenols is 1. The Kier molecular flexibility index (Phi) is 11.1. The molecule has 0 saturated heterocycles. The summed E-state index contributed by atoms with van der Waals surface area (Å²) in [6.45, 7) is 2.28. The van der Waals surface area contributed by atoms with E-state index in [2.05, 4.69) is 17.6 Å². The van der Waals surface area contributed by atoms with E-state index in [1.165, 1.54) is 24.3 Å². The minimum Gasteiger partial charge on any atom is -0.508 e. The third kappa shape index (κ3) is 10.4. The van der Waals surface area contributed by atoms with E-state index in [4.69, 9.17) is 5.73 Å². The van der Waals surface area contributed by atoms with Crippen LogP contribution in [0.4, 0.5) is 0 Å². The average molecular weight is 389 g/mol. The molecular weight excluding hydrogens is 358 g/mol. The number of aromatic hydroxyl groups is 1. The SMILES string of the molecule is CCCCCCCC(=O)NC(Cc1ccc(O)cc1)C(=O)NC/C=C/C(N)=O. The van der Waals surface area contributed by atoms with Crippen LogP contribution in [0.5, 0.6) is 5.75 Å². The predicted octanol–water partition coefficient (Wildman–Crippen LogP) is 1.94. The summed E-state index contributed by atoms with van der Waals surface area (Å²) in [6.07, 6.45) is 8.50. The van der Waals surface area contributed by atoms with E-state index in [-0.39, 0.29) is 24.1 Å². The van der Waals surface area contributed by atoms with Crippen molar-refractivity contribution in [3.8, 4) is 5.75 Å². The maximum Gasteiger partial charge on any atom is 0.243 e. The van der Waals surface area contributed by atoms with Gasteiger partial charge >= 0.3 is 0 Å². The number of nitrogens with one attached hydrogen (secondary N) is 2.